The van der Waals surface area contributed by atoms with Gasteiger partial charge in [0.15, 0.2) is 0 Å². The van der Waals surface area contributed by atoms with Gasteiger partial charge < -0.3 is 19.1 Å². The lowest BCUT2D eigenvalue weighted by Crippen LogP contribution is -2.36. The highest BCUT2D eigenvalue weighted by atomic mass is 16.5. The Balaban J connectivity index is 1.38. The van der Waals surface area contributed by atoms with E-state index in [2.05, 4.69) is 34.2 Å². The van der Waals surface area contributed by atoms with E-state index in [4.69, 9.17) is 19.2 Å². The highest BCUT2D eigenvalue weighted by molar-refractivity contribution is 5.87. The summed E-state index contributed by atoms with van der Waals surface area (Å²) in [5.74, 6) is 2.88. The molecule has 4 heterocycles. The molecule has 0 N–H and O–H groups in total. The van der Waals surface area contributed by atoms with Crippen LogP contribution < -0.4 is 14.4 Å². The molecule has 1 aliphatic carbocycles. The first kappa shape index (κ1) is 21.9. The normalized spacial score (nSPS) is 21.3. The van der Waals surface area contributed by atoms with Gasteiger partial charge in [-0.05, 0) is 49.7 Å². The first-order chi connectivity index (χ1) is 16.2. The summed E-state index contributed by atoms with van der Waals surface area (Å²) < 4.78 is 19.8. The molecule has 2 fully saturated rings. The molecule has 5 rings (SSSR count). The summed E-state index contributed by atoms with van der Waals surface area (Å²) in [5, 5.41) is 5.25. The number of aryl methyl sites for hydroxylation is 1. The molecule has 8 nitrogen and oxygen atoms in total. The molecule has 0 amide bonds. The lowest BCUT2D eigenvalue weighted by Gasteiger charge is -2.30. The molecule has 0 aromatic carbocycles. The minimum absolute atomic E-state index is 0.147. The largest absolute Gasteiger partial charge is 0.492 e. The molecule has 1 saturated carbocycles. The summed E-state index contributed by atoms with van der Waals surface area (Å²) in [7, 11) is 1.98. The third-order valence-electron chi connectivity index (χ3n) is 6.56. The molecule has 3 aromatic rings. The summed E-state index contributed by atoms with van der Waals surface area (Å²) in [6, 6.07) is 4.07. The topological polar surface area (TPSA) is 74.5 Å². The van der Waals surface area contributed by atoms with Crippen molar-refractivity contribution in [2.75, 3.05) is 37.8 Å². The standard InChI is InChI=1S/C25H33N5O3/c1-3-10-32-21-13-22-23(26-16-21)14-24(30-8-11-31-12-9-30)28-25(22)33-20-6-4-18(5-7-20)19-15-27-29(2)17-19/h13-18,20H,3-12H2,1-2H3/t18-,20+. The van der Waals surface area contributed by atoms with Gasteiger partial charge in [0.1, 0.15) is 17.7 Å². The lowest BCUT2D eigenvalue weighted by molar-refractivity contribution is 0.122. The number of hydrogen-bond acceptors (Lipinski definition) is 7. The number of fused-ring (bicyclic) bond motifs is 1. The number of hydrogen-bond donors (Lipinski definition) is 0. The fraction of sp³-hybridized carbons (Fsp3) is 0.560. The van der Waals surface area contributed by atoms with Crippen LogP contribution in [0.25, 0.3) is 10.9 Å². The second kappa shape index (κ2) is 9.95. The molecule has 3 aromatic heterocycles. The molecule has 0 unspecified atom stereocenters. The molecule has 0 atom stereocenters. The summed E-state index contributed by atoms with van der Waals surface area (Å²) in [6.45, 7) is 5.84. The van der Waals surface area contributed by atoms with Gasteiger partial charge in [0.05, 0.1) is 43.1 Å². The van der Waals surface area contributed by atoms with Crippen LogP contribution in [-0.2, 0) is 11.8 Å². The Kier molecular flexibility index (Phi) is 6.62. The first-order valence-electron chi connectivity index (χ1n) is 12.1. The molecule has 8 heteroatoms. The van der Waals surface area contributed by atoms with E-state index in [9.17, 15) is 0 Å². The van der Waals surface area contributed by atoms with Gasteiger partial charge in [-0.15, -0.1) is 0 Å². The first-order valence-corrected chi connectivity index (χ1v) is 12.1. The summed E-state index contributed by atoms with van der Waals surface area (Å²) in [4.78, 5) is 11.9. The van der Waals surface area contributed by atoms with E-state index >= 15 is 0 Å². The molecule has 0 bridgehead atoms. The van der Waals surface area contributed by atoms with Crippen molar-refractivity contribution in [2.24, 2.45) is 7.05 Å². The van der Waals surface area contributed by atoms with E-state index in [1.807, 2.05) is 24.0 Å². The Bertz CT molecular complexity index is 1070. The van der Waals surface area contributed by atoms with Gasteiger partial charge in [-0.1, -0.05) is 6.92 Å². The molecule has 1 aliphatic heterocycles. The number of morpholine rings is 1. The van der Waals surface area contributed by atoms with Gasteiger partial charge in [0.2, 0.25) is 5.88 Å². The third-order valence-corrected chi connectivity index (χ3v) is 6.56. The van der Waals surface area contributed by atoms with Crippen LogP contribution >= 0.6 is 0 Å². The van der Waals surface area contributed by atoms with Crippen molar-refractivity contribution in [1.29, 1.82) is 0 Å². The number of rotatable bonds is 7. The van der Waals surface area contributed by atoms with Gasteiger partial charge in [-0.25, -0.2) is 0 Å². The molecule has 0 spiro atoms. The quantitative estimate of drug-likeness (QED) is 0.535. The van der Waals surface area contributed by atoms with E-state index in [1.54, 1.807) is 6.20 Å². The van der Waals surface area contributed by atoms with Crippen LogP contribution in [0.15, 0.2) is 30.7 Å². The van der Waals surface area contributed by atoms with Crippen LogP contribution in [0.3, 0.4) is 0 Å². The van der Waals surface area contributed by atoms with E-state index in [-0.39, 0.29) is 6.10 Å². The highest BCUT2D eigenvalue weighted by Crippen LogP contribution is 2.36. The second-order valence-electron chi connectivity index (χ2n) is 9.01. The smallest absolute Gasteiger partial charge is 0.225 e. The minimum Gasteiger partial charge on any atom is -0.492 e. The molecule has 0 radical (unpaired) electrons. The van der Waals surface area contributed by atoms with Crippen molar-refractivity contribution in [1.82, 2.24) is 19.7 Å². The second-order valence-corrected chi connectivity index (χ2v) is 9.01. The van der Waals surface area contributed by atoms with Gasteiger partial charge >= 0.3 is 0 Å². The van der Waals surface area contributed by atoms with Gasteiger partial charge in [0.25, 0.3) is 0 Å². The summed E-state index contributed by atoms with van der Waals surface area (Å²) in [5.41, 5.74) is 2.21. The van der Waals surface area contributed by atoms with Crippen molar-refractivity contribution in [2.45, 2.75) is 51.0 Å². The molecule has 176 valence electrons. The Hall–Kier alpha value is -2.87. The Morgan fingerprint density at radius 3 is 2.64 bits per heavy atom. The minimum atomic E-state index is 0.147. The monoisotopic (exact) mass is 451 g/mol. The molecular weight excluding hydrogens is 418 g/mol. The average Bonchev–Trinajstić information content (AvgIpc) is 3.30. The zero-order chi connectivity index (χ0) is 22.6. The maximum atomic E-state index is 6.56. The van der Waals surface area contributed by atoms with E-state index in [0.717, 1.165) is 67.7 Å². The Morgan fingerprint density at radius 2 is 1.91 bits per heavy atom. The predicted octanol–water partition coefficient (Wildman–Crippen LogP) is 4.09. The van der Waals surface area contributed by atoms with Crippen LogP contribution in [0.5, 0.6) is 11.6 Å². The number of anilines is 1. The lowest BCUT2D eigenvalue weighted by atomic mass is 9.84. The molecule has 2 aliphatic rings. The van der Waals surface area contributed by atoms with E-state index in [0.29, 0.717) is 31.6 Å². The van der Waals surface area contributed by atoms with E-state index in [1.165, 1.54) is 5.56 Å². The SMILES string of the molecule is CCCOc1cnc2cc(N3CCOCC3)nc(O[C@H]3CC[C@@H](c4cnn(C)c4)CC3)c2c1. The number of pyridine rings is 2. The highest BCUT2D eigenvalue weighted by Gasteiger charge is 2.26. The maximum Gasteiger partial charge on any atom is 0.225 e. The van der Waals surface area contributed by atoms with Crippen LogP contribution in [0.4, 0.5) is 5.82 Å². The molecular formula is C25H33N5O3. The number of ether oxygens (including phenoxy) is 3. The predicted molar refractivity (Wildman–Crippen MR) is 127 cm³/mol. The van der Waals surface area contributed by atoms with Crippen molar-refractivity contribution in [3.63, 3.8) is 0 Å². The van der Waals surface area contributed by atoms with E-state index < -0.39 is 0 Å². The summed E-state index contributed by atoms with van der Waals surface area (Å²) >= 11 is 0. The van der Waals surface area contributed by atoms with Gasteiger partial charge in [-0.3, -0.25) is 9.67 Å². The van der Waals surface area contributed by atoms with Crippen LogP contribution in [-0.4, -0.2) is 58.8 Å². The zero-order valence-corrected chi connectivity index (χ0v) is 19.6. The maximum absolute atomic E-state index is 6.56. The van der Waals surface area contributed by atoms with Crippen molar-refractivity contribution in [3.8, 4) is 11.6 Å². The van der Waals surface area contributed by atoms with Crippen LogP contribution in [0.1, 0.15) is 50.5 Å². The molecule has 33 heavy (non-hydrogen) atoms. The fourth-order valence-electron chi connectivity index (χ4n) is 4.73. The summed E-state index contributed by atoms with van der Waals surface area (Å²) in [6.07, 6.45) is 11.2. The average molecular weight is 452 g/mol. The van der Waals surface area contributed by atoms with Crippen molar-refractivity contribution < 1.29 is 14.2 Å². The van der Waals surface area contributed by atoms with Crippen molar-refractivity contribution in [3.05, 3.63) is 36.3 Å². The van der Waals surface area contributed by atoms with Crippen LogP contribution in [0.2, 0.25) is 0 Å². The Labute approximate surface area is 194 Å². The van der Waals surface area contributed by atoms with Gasteiger partial charge in [0, 0.05) is 32.4 Å². The zero-order valence-electron chi connectivity index (χ0n) is 19.6. The fourth-order valence-corrected chi connectivity index (χ4v) is 4.73. The number of nitrogens with zero attached hydrogens (tertiary/aromatic N) is 5. The molecule has 1 saturated heterocycles. The van der Waals surface area contributed by atoms with Crippen molar-refractivity contribution >= 4 is 16.7 Å². The Morgan fingerprint density at radius 1 is 1.09 bits per heavy atom. The number of aromatic nitrogens is 4. The van der Waals surface area contributed by atoms with Crippen LogP contribution in [0, 0.1) is 0 Å². The third kappa shape index (κ3) is 5.05. The van der Waals surface area contributed by atoms with Gasteiger partial charge in [-0.2, -0.15) is 10.1 Å².